The Morgan fingerprint density at radius 1 is 1.07 bits per heavy atom. The molecule has 0 aromatic heterocycles. The minimum absolute atomic E-state index is 0.253. The lowest BCUT2D eigenvalue weighted by molar-refractivity contribution is 0.0525. The summed E-state index contributed by atoms with van der Waals surface area (Å²) in [5.74, 6) is -0.849. The number of carbonyl (C=O) groups excluding carboxylic acids is 3. The summed E-state index contributed by atoms with van der Waals surface area (Å²) in [5, 5.41) is 1.92. The molecule has 4 rings (SSSR count). The molecule has 0 radical (unpaired) electrons. The minimum Gasteiger partial charge on any atom is -0.462 e. The van der Waals surface area contributed by atoms with E-state index in [4.69, 9.17) is 4.74 Å². The number of rotatable bonds is 5. The lowest BCUT2D eigenvalue weighted by atomic mass is 10.1. The van der Waals surface area contributed by atoms with Crippen LogP contribution in [0, 0.1) is 0 Å². The standard InChI is InChI=1S/C20H19N3O4/c1-2-27-20(26)13-7-8-17-14(11-13)12-22(21-17)9-10-23-18(24)15-5-3-4-6-16(15)19(23)25/h3-8,11,21H,2,9-10,12H2,1H3. The maximum Gasteiger partial charge on any atom is 0.338 e. The lowest BCUT2D eigenvalue weighted by Gasteiger charge is -2.20. The van der Waals surface area contributed by atoms with Gasteiger partial charge in [-0.15, -0.1) is 0 Å². The van der Waals surface area contributed by atoms with Crippen molar-refractivity contribution in [3.8, 4) is 0 Å². The monoisotopic (exact) mass is 365 g/mol. The van der Waals surface area contributed by atoms with E-state index >= 15 is 0 Å². The fourth-order valence-electron chi connectivity index (χ4n) is 3.39. The Morgan fingerprint density at radius 2 is 1.78 bits per heavy atom. The van der Waals surface area contributed by atoms with E-state index in [1.54, 1.807) is 37.3 Å². The van der Waals surface area contributed by atoms with Crippen LogP contribution in [0.15, 0.2) is 42.5 Å². The molecule has 0 aliphatic carbocycles. The summed E-state index contributed by atoms with van der Waals surface area (Å²) in [5.41, 5.74) is 6.55. The molecule has 1 N–H and O–H groups in total. The third kappa shape index (κ3) is 3.06. The highest BCUT2D eigenvalue weighted by molar-refractivity contribution is 6.21. The van der Waals surface area contributed by atoms with Crippen molar-refractivity contribution in [3.05, 3.63) is 64.7 Å². The quantitative estimate of drug-likeness (QED) is 0.647. The van der Waals surface area contributed by atoms with E-state index in [0.717, 1.165) is 11.3 Å². The molecule has 0 bridgehead atoms. The zero-order chi connectivity index (χ0) is 19.0. The molecule has 0 atom stereocenters. The molecule has 2 aliphatic rings. The molecule has 7 nitrogen and oxygen atoms in total. The minimum atomic E-state index is -0.343. The Kier molecular flexibility index (Phi) is 4.37. The molecule has 0 saturated carbocycles. The number of hydrazine groups is 1. The zero-order valence-corrected chi connectivity index (χ0v) is 14.9. The molecular weight excluding hydrogens is 346 g/mol. The number of imide groups is 1. The molecular formula is C20H19N3O4. The van der Waals surface area contributed by atoms with Gasteiger partial charge in [0.2, 0.25) is 0 Å². The van der Waals surface area contributed by atoms with Crippen LogP contribution < -0.4 is 5.43 Å². The number of amides is 2. The van der Waals surface area contributed by atoms with Gasteiger partial charge in [-0.1, -0.05) is 12.1 Å². The average Bonchev–Trinajstić information content (AvgIpc) is 3.19. The van der Waals surface area contributed by atoms with Crippen molar-refractivity contribution >= 4 is 23.5 Å². The van der Waals surface area contributed by atoms with Crippen molar-refractivity contribution in [2.45, 2.75) is 13.5 Å². The van der Waals surface area contributed by atoms with Gasteiger partial charge in [0.15, 0.2) is 0 Å². The molecule has 2 amide bonds. The van der Waals surface area contributed by atoms with Gasteiger partial charge in [-0.05, 0) is 42.8 Å². The van der Waals surface area contributed by atoms with Gasteiger partial charge >= 0.3 is 5.97 Å². The van der Waals surface area contributed by atoms with Crippen LogP contribution in [0.3, 0.4) is 0 Å². The van der Waals surface area contributed by atoms with Gasteiger partial charge in [-0.2, -0.15) is 0 Å². The van der Waals surface area contributed by atoms with E-state index in [9.17, 15) is 14.4 Å². The lowest BCUT2D eigenvalue weighted by Crippen LogP contribution is -2.38. The van der Waals surface area contributed by atoms with Gasteiger partial charge in [-0.25, -0.2) is 9.80 Å². The van der Waals surface area contributed by atoms with E-state index in [1.165, 1.54) is 4.90 Å². The molecule has 2 heterocycles. The number of fused-ring (bicyclic) bond motifs is 2. The topological polar surface area (TPSA) is 79.0 Å². The van der Waals surface area contributed by atoms with Gasteiger partial charge < -0.3 is 10.2 Å². The molecule has 0 saturated heterocycles. The van der Waals surface area contributed by atoms with Gasteiger partial charge in [0.05, 0.1) is 29.0 Å². The molecule has 2 aliphatic heterocycles. The second-order valence-corrected chi connectivity index (χ2v) is 6.43. The Balaban J connectivity index is 1.40. The van der Waals surface area contributed by atoms with Gasteiger partial charge in [0, 0.05) is 19.6 Å². The zero-order valence-electron chi connectivity index (χ0n) is 14.9. The highest BCUT2D eigenvalue weighted by Crippen LogP contribution is 2.27. The van der Waals surface area contributed by atoms with Crippen LogP contribution in [-0.4, -0.2) is 47.4 Å². The Hall–Kier alpha value is -3.19. The number of hydrogen-bond donors (Lipinski definition) is 1. The molecule has 0 spiro atoms. The SMILES string of the molecule is CCOC(=O)c1ccc2c(c1)CN(CCN1C(=O)c3ccccc3C1=O)N2. The average molecular weight is 365 g/mol. The maximum absolute atomic E-state index is 12.4. The summed E-state index contributed by atoms with van der Waals surface area (Å²) in [7, 11) is 0. The van der Waals surface area contributed by atoms with Crippen molar-refractivity contribution in [1.82, 2.24) is 9.91 Å². The number of benzene rings is 2. The van der Waals surface area contributed by atoms with Crippen molar-refractivity contribution in [2.24, 2.45) is 0 Å². The van der Waals surface area contributed by atoms with E-state index in [-0.39, 0.29) is 24.3 Å². The van der Waals surface area contributed by atoms with Gasteiger partial charge in [0.25, 0.3) is 11.8 Å². The summed E-state index contributed by atoms with van der Waals surface area (Å²) in [6.07, 6.45) is 0. The summed E-state index contributed by atoms with van der Waals surface area (Å²) >= 11 is 0. The molecule has 2 aromatic rings. The Labute approximate surface area is 156 Å². The van der Waals surface area contributed by atoms with E-state index in [1.807, 2.05) is 17.1 Å². The van der Waals surface area contributed by atoms with Crippen LogP contribution >= 0.6 is 0 Å². The first kappa shape index (κ1) is 17.2. The number of hydrogen-bond acceptors (Lipinski definition) is 6. The number of anilines is 1. The van der Waals surface area contributed by atoms with Crippen LogP contribution in [0.2, 0.25) is 0 Å². The van der Waals surface area contributed by atoms with Crippen molar-refractivity contribution in [1.29, 1.82) is 0 Å². The van der Waals surface area contributed by atoms with Crippen molar-refractivity contribution in [3.63, 3.8) is 0 Å². The number of esters is 1. The highest BCUT2D eigenvalue weighted by Gasteiger charge is 2.35. The van der Waals surface area contributed by atoms with Crippen LogP contribution in [-0.2, 0) is 11.3 Å². The molecule has 0 fully saturated rings. The predicted octanol–water partition coefficient (Wildman–Crippen LogP) is 2.30. The summed E-state index contributed by atoms with van der Waals surface area (Å²) in [4.78, 5) is 38.0. The number of nitrogens with zero attached hydrogens (tertiary/aromatic N) is 2. The fourth-order valence-corrected chi connectivity index (χ4v) is 3.39. The number of carbonyl (C=O) groups is 3. The second-order valence-electron chi connectivity index (χ2n) is 6.43. The van der Waals surface area contributed by atoms with E-state index in [2.05, 4.69) is 5.43 Å². The highest BCUT2D eigenvalue weighted by atomic mass is 16.5. The normalized spacial score (nSPS) is 15.5. The van der Waals surface area contributed by atoms with E-state index < -0.39 is 0 Å². The van der Waals surface area contributed by atoms with E-state index in [0.29, 0.717) is 36.4 Å². The molecule has 0 unspecified atom stereocenters. The molecule has 7 heteroatoms. The molecule has 27 heavy (non-hydrogen) atoms. The fraction of sp³-hybridized carbons (Fsp3) is 0.250. The van der Waals surface area contributed by atoms with Crippen molar-refractivity contribution in [2.75, 3.05) is 25.1 Å². The molecule has 2 aromatic carbocycles. The van der Waals surface area contributed by atoms with Crippen molar-refractivity contribution < 1.29 is 19.1 Å². The Bertz CT molecular complexity index is 906. The van der Waals surface area contributed by atoms with Gasteiger partial charge in [0.1, 0.15) is 0 Å². The van der Waals surface area contributed by atoms with Crippen LogP contribution in [0.25, 0.3) is 0 Å². The third-order valence-corrected chi connectivity index (χ3v) is 4.73. The first-order valence-corrected chi connectivity index (χ1v) is 8.85. The predicted molar refractivity (Wildman–Crippen MR) is 98.2 cm³/mol. The molecule has 138 valence electrons. The smallest absolute Gasteiger partial charge is 0.338 e. The number of nitrogens with one attached hydrogen (secondary N) is 1. The summed E-state index contributed by atoms with van der Waals surface area (Å²) < 4.78 is 5.03. The first-order chi connectivity index (χ1) is 13.1. The van der Waals surface area contributed by atoms with Gasteiger partial charge in [-0.3, -0.25) is 14.5 Å². The van der Waals surface area contributed by atoms with Crippen LogP contribution in [0.5, 0.6) is 0 Å². The summed E-state index contributed by atoms with van der Waals surface area (Å²) in [6.45, 7) is 3.45. The number of ether oxygens (including phenoxy) is 1. The van der Waals surface area contributed by atoms with Crippen LogP contribution in [0.1, 0.15) is 43.6 Å². The second kappa shape index (κ2) is 6.85. The third-order valence-electron chi connectivity index (χ3n) is 4.73. The Morgan fingerprint density at radius 3 is 2.44 bits per heavy atom. The first-order valence-electron chi connectivity index (χ1n) is 8.85. The maximum atomic E-state index is 12.4. The van der Waals surface area contributed by atoms with Crippen LogP contribution in [0.4, 0.5) is 5.69 Å². The summed E-state index contributed by atoms with van der Waals surface area (Å²) in [6, 6.07) is 12.2. The largest absolute Gasteiger partial charge is 0.462 e.